The van der Waals surface area contributed by atoms with Gasteiger partial charge in [-0.2, -0.15) is 0 Å². The fourth-order valence-corrected chi connectivity index (χ4v) is 2.69. The lowest BCUT2D eigenvalue weighted by Gasteiger charge is -2.19. The number of amides is 1. The molecule has 0 saturated heterocycles. The van der Waals surface area contributed by atoms with Crippen molar-refractivity contribution in [2.24, 2.45) is 0 Å². The number of carbonyl (C=O) groups excluding carboxylic acids is 1. The minimum absolute atomic E-state index is 0.131. The van der Waals surface area contributed by atoms with Crippen LogP contribution in [0.3, 0.4) is 0 Å². The van der Waals surface area contributed by atoms with Crippen molar-refractivity contribution in [1.29, 1.82) is 0 Å². The van der Waals surface area contributed by atoms with Gasteiger partial charge >= 0.3 is 0 Å². The van der Waals surface area contributed by atoms with Crippen molar-refractivity contribution in [3.05, 3.63) is 64.2 Å². The van der Waals surface area contributed by atoms with E-state index >= 15 is 0 Å². The molecule has 2 rings (SSSR count). The van der Waals surface area contributed by atoms with E-state index in [1.54, 1.807) is 12.2 Å². The number of carbonyl (C=O) groups is 1. The molecule has 1 amide bonds. The third kappa shape index (κ3) is 3.81. The van der Waals surface area contributed by atoms with Crippen LogP contribution in [0.5, 0.6) is 0 Å². The maximum atomic E-state index is 12.5. The molecule has 0 saturated carbocycles. The summed E-state index contributed by atoms with van der Waals surface area (Å²) in [5, 5.41) is 0.908. The van der Waals surface area contributed by atoms with Gasteiger partial charge in [-0.25, -0.2) is 4.98 Å². The Hall–Kier alpha value is -2.11. The van der Waals surface area contributed by atoms with Gasteiger partial charge in [-0.3, -0.25) is 14.2 Å². The topological polar surface area (TPSA) is 55.2 Å². The van der Waals surface area contributed by atoms with Gasteiger partial charge in [0, 0.05) is 18.1 Å². The van der Waals surface area contributed by atoms with E-state index in [2.05, 4.69) is 18.1 Å². The van der Waals surface area contributed by atoms with Gasteiger partial charge in [0.25, 0.3) is 5.56 Å². The van der Waals surface area contributed by atoms with Crippen LogP contribution in [0.1, 0.15) is 0 Å². The molecule has 2 aromatic rings. The van der Waals surface area contributed by atoms with Gasteiger partial charge in [0.2, 0.25) is 5.91 Å². The monoisotopic (exact) mass is 351 g/mol. The summed E-state index contributed by atoms with van der Waals surface area (Å²) in [4.78, 5) is 30.5. The number of fused-ring (bicyclic) bond motifs is 1. The molecule has 0 N–H and O–H groups in total. The fraction of sp³-hybridized carbons (Fsp3) is 0.188. The SMILES string of the molecule is C=CCN(CC=C)C(=O)Cn1cnc2c(Cl)cc(Cl)cc2c1=O. The van der Waals surface area contributed by atoms with E-state index in [0.29, 0.717) is 28.7 Å². The van der Waals surface area contributed by atoms with Gasteiger partial charge in [0.1, 0.15) is 6.54 Å². The lowest BCUT2D eigenvalue weighted by atomic mass is 10.2. The highest BCUT2D eigenvalue weighted by atomic mass is 35.5. The summed E-state index contributed by atoms with van der Waals surface area (Å²) in [6.07, 6.45) is 4.53. The largest absolute Gasteiger partial charge is 0.334 e. The zero-order valence-corrected chi connectivity index (χ0v) is 13.8. The summed E-state index contributed by atoms with van der Waals surface area (Å²) < 4.78 is 1.23. The van der Waals surface area contributed by atoms with Gasteiger partial charge in [0.05, 0.1) is 22.3 Å². The summed E-state index contributed by atoms with van der Waals surface area (Å²) in [5.41, 5.74) is -0.0105. The van der Waals surface area contributed by atoms with E-state index in [1.807, 2.05) is 0 Å². The van der Waals surface area contributed by atoms with E-state index in [9.17, 15) is 9.59 Å². The smallest absolute Gasteiger partial charge is 0.261 e. The second-order valence-electron chi connectivity index (χ2n) is 4.84. The first kappa shape index (κ1) is 17.2. The van der Waals surface area contributed by atoms with Crippen molar-refractivity contribution in [2.45, 2.75) is 6.54 Å². The summed E-state index contributed by atoms with van der Waals surface area (Å²) in [5.74, 6) is -0.235. The van der Waals surface area contributed by atoms with Gasteiger partial charge in [0.15, 0.2) is 0 Å². The molecule has 0 radical (unpaired) electrons. The molecule has 0 aliphatic heterocycles. The number of rotatable bonds is 6. The maximum absolute atomic E-state index is 12.5. The van der Waals surface area contributed by atoms with Gasteiger partial charge in [-0.15, -0.1) is 13.2 Å². The van der Waals surface area contributed by atoms with Crippen molar-refractivity contribution >= 4 is 40.0 Å². The van der Waals surface area contributed by atoms with Gasteiger partial charge in [-0.05, 0) is 12.1 Å². The number of hydrogen-bond donors (Lipinski definition) is 0. The highest BCUT2D eigenvalue weighted by Gasteiger charge is 2.14. The number of benzene rings is 1. The van der Waals surface area contributed by atoms with Crippen LogP contribution in [0.15, 0.2) is 48.6 Å². The third-order valence-corrected chi connectivity index (χ3v) is 3.71. The van der Waals surface area contributed by atoms with E-state index < -0.39 is 0 Å². The predicted molar refractivity (Wildman–Crippen MR) is 93.0 cm³/mol. The zero-order chi connectivity index (χ0) is 17.0. The maximum Gasteiger partial charge on any atom is 0.261 e. The van der Waals surface area contributed by atoms with Crippen molar-refractivity contribution in [3.63, 3.8) is 0 Å². The molecule has 0 aliphatic rings. The first-order chi connectivity index (χ1) is 11.0. The molecule has 0 aliphatic carbocycles. The van der Waals surface area contributed by atoms with Crippen LogP contribution < -0.4 is 5.56 Å². The Balaban J connectivity index is 2.39. The van der Waals surface area contributed by atoms with Crippen molar-refractivity contribution in [2.75, 3.05) is 13.1 Å². The van der Waals surface area contributed by atoms with Gasteiger partial charge < -0.3 is 4.90 Å². The Morgan fingerprint density at radius 2 is 1.91 bits per heavy atom. The summed E-state index contributed by atoms with van der Waals surface area (Å²) >= 11 is 12.0. The lowest BCUT2D eigenvalue weighted by molar-refractivity contribution is -0.130. The molecule has 0 fully saturated rings. The van der Waals surface area contributed by atoms with Crippen LogP contribution in [-0.2, 0) is 11.3 Å². The third-order valence-electron chi connectivity index (χ3n) is 3.20. The fourth-order valence-electron chi connectivity index (χ4n) is 2.14. The normalized spacial score (nSPS) is 10.5. The van der Waals surface area contributed by atoms with Crippen LogP contribution in [0, 0.1) is 0 Å². The van der Waals surface area contributed by atoms with Gasteiger partial charge in [-0.1, -0.05) is 35.4 Å². The van der Waals surface area contributed by atoms with Crippen molar-refractivity contribution in [3.8, 4) is 0 Å². The highest BCUT2D eigenvalue weighted by Crippen LogP contribution is 2.23. The first-order valence-electron chi connectivity index (χ1n) is 6.81. The molecule has 1 heterocycles. The van der Waals surface area contributed by atoms with Crippen LogP contribution in [0.4, 0.5) is 0 Å². The van der Waals surface area contributed by atoms with Crippen LogP contribution in [0.25, 0.3) is 10.9 Å². The number of hydrogen-bond acceptors (Lipinski definition) is 3. The van der Waals surface area contributed by atoms with Crippen LogP contribution in [0.2, 0.25) is 10.0 Å². The highest BCUT2D eigenvalue weighted by molar-refractivity contribution is 6.38. The number of nitrogens with zero attached hydrogens (tertiary/aromatic N) is 3. The predicted octanol–water partition coefficient (Wildman–Crippen LogP) is 2.90. The molecule has 0 bridgehead atoms. The standard InChI is InChI=1S/C16H15Cl2N3O2/c1-3-5-20(6-4-2)14(22)9-21-10-19-15-12(16(21)23)7-11(17)8-13(15)18/h3-4,7-8,10H,1-2,5-6,9H2. The first-order valence-corrected chi connectivity index (χ1v) is 7.57. The Labute approximate surface area is 143 Å². The molecular formula is C16H15Cl2N3O2. The molecule has 0 atom stereocenters. The lowest BCUT2D eigenvalue weighted by Crippen LogP contribution is -2.36. The Kier molecular flexibility index (Phi) is 5.58. The summed E-state index contributed by atoms with van der Waals surface area (Å²) in [6, 6.07) is 3.01. The van der Waals surface area contributed by atoms with Crippen molar-refractivity contribution < 1.29 is 4.79 Å². The van der Waals surface area contributed by atoms with E-state index in [-0.39, 0.29) is 23.4 Å². The van der Waals surface area contributed by atoms with E-state index in [0.717, 1.165) is 0 Å². The van der Waals surface area contributed by atoms with Crippen LogP contribution in [-0.4, -0.2) is 33.4 Å². The molecule has 1 aromatic carbocycles. The average Bonchev–Trinajstić information content (AvgIpc) is 2.50. The molecule has 5 nitrogen and oxygen atoms in total. The molecular weight excluding hydrogens is 337 g/mol. The summed E-state index contributed by atoms with van der Waals surface area (Å²) in [6.45, 7) is 7.84. The zero-order valence-electron chi connectivity index (χ0n) is 12.3. The number of halogens is 2. The quantitative estimate of drug-likeness (QED) is 0.752. The molecule has 1 aromatic heterocycles. The molecule has 120 valence electrons. The Bertz CT molecular complexity index is 820. The summed E-state index contributed by atoms with van der Waals surface area (Å²) in [7, 11) is 0. The molecule has 0 unspecified atom stereocenters. The van der Waals surface area contributed by atoms with E-state index in [4.69, 9.17) is 23.2 Å². The molecule has 7 heteroatoms. The molecule has 23 heavy (non-hydrogen) atoms. The second kappa shape index (κ2) is 7.44. The Morgan fingerprint density at radius 1 is 1.26 bits per heavy atom. The minimum atomic E-state index is -0.370. The number of aromatic nitrogens is 2. The van der Waals surface area contributed by atoms with E-state index in [1.165, 1.54) is 27.9 Å². The van der Waals surface area contributed by atoms with Crippen molar-refractivity contribution in [1.82, 2.24) is 14.5 Å². The van der Waals surface area contributed by atoms with Crippen LogP contribution >= 0.6 is 23.2 Å². The average molecular weight is 352 g/mol. The second-order valence-corrected chi connectivity index (χ2v) is 5.68. The Morgan fingerprint density at radius 3 is 2.52 bits per heavy atom. The molecule has 0 spiro atoms. The minimum Gasteiger partial charge on any atom is -0.334 e.